The second-order valence-electron chi connectivity index (χ2n) is 4.74. The molecule has 1 saturated heterocycles. The summed E-state index contributed by atoms with van der Waals surface area (Å²) < 4.78 is 5.16. The van der Waals surface area contributed by atoms with E-state index < -0.39 is 0 Å². The monoisotopic (exact) mass is 250 g/mol. The lowest BCUT2D eigenvalue weighted by atomic mass is 10.1. The van der Waals surface area contributed by atoms with Crippen molar-refractivity contribution in [1.29, 1.82) is 0 Å². The Labute approximate surface area is 108 Å². The third-order valence-corrected chi connectivity index (χ3v) is 3.28. The van der Waals surface area contributed by atoms with Crippen LogP contribution in [0.3, 0.4) is 0 Å². The van der Waals surface area contributed by atoms with Crippen LogP contribution in [0.4, 0.5) is 5.82 Å². The fourth-order valence-corrected chi connectivity index (χ4v) is 2.21. The van der Waals surface area contributed by atoms with Gasteiger partial charge in [-0.1, -0.05) is 6.92 Å². The zero-order chi connectivity index (χ0) is 13.0. The predicted octanol–water partition coefficient (Wildman–Crippen LogP) is 1.11. The van der Waals surface area contributed by atoms with E-state index >= 15 is 0 Å². The molecule has 1 aliphatic rings. The number of methoxy groups -OCH3 is 1. The number of hydrogen-bond donors (Lipinski definition) is 1. The van der Waals surface area contributed by atoms with Gasteiger partial charge in [-0.25, -0.2) is 9.97 Å². The minimum absolute atomic E-state index is 0.340. The highest BCUT2D eigenvalue weighted by Gasteiger charge is 2.18. The van der Waals surface area contributed by atoms with Gasteiger partial charge in [0.2, 0.25) is 0 Å². The number of nitrogens with zero attached hydrogens (tertiary/aromatic N) is 3. The SMILES string of the molecule is CCc1nc(COC)cc(N2CCC(N)CC2)n1. The lowest BCUT2D eigenvalue weighted by Crippen LogP contribution is -2.40. The van der Waals surface area contributed by atoms with Crippen molar-refractivity contribution in [2.45, 2.75) is 38.8 Å². The fourth-order valence-electron chi connectivity index (χ4n) is 2.21. The van der Waals surface area contributed by atoms with E-state index in [-0.39, 0.29) is 0 Å². The molecule has 18 heavy (non-hydrogen) atoms. The maximum absolute atomic E-state index is 5.93. The quantitative estimate of drug-likeness (QED) is 0.867. The normalized spacial score (nSPS) is 17.2. The van der Waals surface area contributed by atoms with Crippen molar-refractivity contribution in [1.82, 2.24) is 9.97 Å². The summed E-state index contributed by atoms with van der Waals surface area (Å²) in [6, 6.07) is 2.37. The van der Waals surface area contributed by atoms with Crippen molar-refractivity contribution in [2.75, 3.05) is 25.1 Å². The molecule has 0 atom stereocenters. The van der Waals surface area contributed by atoms with Gasteiger partial charge in [-0.2, -0.15) is 0 Å². The second kappa shape index (κ2) is 6.11. The summed E-state index contributed by atoms with van der Waals surface area (Å²) in [6.45, 7) is 4.57. The van der Waals surface area contributed by atoms with E-state index in [0.717, 1.165) is 49.7 Å². The van der Waals surface area contributed by atoms with Crippen LogP contribution >= 0.6 is 0 Å². The predicted molar refractivity (Wildman–Crippen MR) is 71.5 cm³/mol. The van der Waals surface area contributed by atoms with Crippen LogP contribution in [-0.2, 0) is 17.8 Å². The Morgan fingerprint density at radius 1 is 1.39 bits per heavy atom. The number of anilines is 1. The van der Waals surface area contributed by atoms with Gasteiger partial charge in [0.25, 0.3) is 0 Å². The maximum atomic E-state index is 5.93. The first-order valence-corrected chi connectivity index (χ1v) is 6.59. The smallest absolute Gasteiger partial charge is 0.132 e. The molecule has 0 radical (unpaired) electrons. The molecule has 5 nitrogen and oxygen atoms in total. The molecule has 0 aromatic carbocycles. The second-order valence-corrected chi connectivity index (χ2v) is 4.74. The summed E-state index contributed by atoms with van der Waals surface area (Å²) in [5, 5.41) is 0. The maximum Gasteiger partial charge on any atom is 0.132 e. The van der Waals surface area contributed by atoms with E-state index in [1.807, 2.05) is 6.07 Å². The molecule has 100 valence electrons. The van der Waals surface area contributed by atoms with E-state index in [4.69, 9.17) is 10.5 Å². The number of hydrogen-bond acceptors (Lipinski definition) is 5. The Morgan fingerprint density at radius 3 is 2.72 bits per heavy atom. The molecule has 0 amide bonds. The highest BCUT2D eigenvalue weighted by Crippen LogP contribution is 2.18. The molecule has 1 aromatic rings. The van der Waals surface area contributed by atoms with Gasteiger partial charge >= 0.3 is 0 Å². The average Bonchev–Trinajstić information content (AvgIpc) is 2.39. The highest BCUT2D eigenvalue weighted by atomic mass is 16.5. The van der Waals surface area contributed by atoms with Crippen molar-refractivity contribution in [3.63, 3.8) is 0 Å². The van der Waals surface area contributed by atoms with E-state index in [9.17, 15) is 0 Å². The standard InChI is InChI=1S/C13H22N4O/c1-3-12-15-11(9-18-2)8-13(16-12)17-6-4-10(14)5-7-17/h8,10H,3-7,9,14H2,1-2H3. The summed E-state index contributed by atoms with van der Waals surface area (Å²) in [5.74, 6) is 1.90. The molecule has 5 heteroatoms. The van der Waals surface area contributed by atoms with Crippen LogP contribution in [0.15, 0.2) is 6.07 Å². The molecule has 0 unspecified atom stereocenters. The summed E-state index contributed by atoms with van der Waals surface area (Å²) >= 11 is 0. The summed E-state index contributed by atoms with van der Waals surface area (Å²) in [5.41, 5.74) is 6.88. The molecule has 0 saturated carbocycles. The number of piperidine rings is 1. The lowest BCUT2D eigenvalue weighted by Gasteiger charge is -2.31. The Morgan fingerprint density at radius 2 is 2.11 bits per heavy atom. The number of aromatic nitrogens is 2. The van der Waals surface area contributed by atoms with E-state index in [2.05, 4.69) is 21.8 Å². The van der Waals surface area contributed by atoms with Crippen LogP contribution in [-0.4, -0.2) is 36.2 Å². The molecule has 0 spiro atoms. The zero-order valence-electron chi connectivity index (χ0n) is 11.2. The van der Waals surface area contributed by atoms with E-state index in [1.54, 1.807) is 7.11 Å². The van der Waals surface area contributed by atoms with Gasteiger partial charge in [-0.15, -0.1) is 0 Å². The molecule has 1 aliphatic heterocycles. The average molecular weight is 250 g/mol. The summed E-state index contributed by atoms with van der Waals surface area (Å²) in [4.78, 5) is 11.4. The van der Waals surface area contributed by atoms with Crippen molar-refractivity contribution >= 4 is 5.82 Å². The van der Waals surface area contributed by atoms with Crippen LogP contribution in [0.1, 0.15) is 31.3 Å². The molecule has 0 aliphatic carbocycles. The van der Waals surface area contributed by atoms with Gasteiger partial charge in [0.05, 0.1) is 12.3 Å². The number of ether oxygens (including phenoxy) is 1. The fraction of sp³-hybridized carbons (Fsp3) is 0.692. The largest absolute Gasteiger partial charge is 0.378 e. The van der Waals surface area contributed by atoms with E-state index in [1.165, 1.54) is 0 Å². The molecule has 2 rings (SSSR count). The third-order valence-electron chi connectivity index (χ3n) is 3.28. The highest BCUT2D eigenvalue weighted by molar-refractivity contribution is 5.40. The van der Waals surface area contributed by atoms with Crippen LogP contribution in [0.25, 0.3) is 0 Å². The van der Waals surface area contributed by atoms with Crippen molar-refractivity contribution in [3.05, 3.63) is 17.6 Å². The first-order valence-electron chi connectivity index (χ1n) is 6.59. The molecule has 1 fully saturated rings. The minimum atomic E-state index is 0.340. The van der Waals surface area contributed by atoms with Gasteiger partial charge in [0.15, 0.2) is 0 Å². The number of rotatable bonds is 4. The minimum Gasteiger partial charge on any atom is -0.378 e. The Kier molecular flexibility index (Phi) is 4.49. The van der Waals surface area contributed by atoms with Crippen molar-refractivity contribution in [2.24, 2.45) is 5.73 Å². The Bertz CT molecular complexity index is 389. The summed E-state index contributed by atoms with van der Waals surface area (Å²) in [7, 11) is 1.69. The summed E-state index contributed by atoms with van der Waals surface area (Å²) in [6.07, 6.45) is 2.91. The zero-order valence-corrected chi connectivity index (χ0v) is 11.2. The van der Waals surface area contributed by atoms with Crippen LogP contribution < -0.4 is 10.6 Å². The van der Waals surface area contributed by atoms with Gasteiger partial charge in [-0.3, -0.25) is 0 Å². The molecular weight excluding hydrogens is 228 g/mol. The molecule has 2 N–H and O–H groups in total. The van der Waals surface area contributed by atoms with Gasteiger partial charge in [0, 0.05) is 38.7 Å². The van der Waals surface area contributed by atoms with Crippen molar-refractivity contribution in [3.8, 4) is 0 Å². The first-order chi connectivity index (χ1) is 8.72. The van der Waals surface area contributed by atoms with Gasteiger partial charge < -0.3 is 15.4 Å². The first kappa shape index (κ1) is 13.2. The van der Waals surface area contributed by atoms with Crippen molar-refractivity contribution < 1.29 is 4.74 Å². The lowest BCUT2D eigenvalue weighted by molar-refractivity contribution is 0.181. The molecule has 2 heterocycles. The van der Waals surface area contributed by atoms with E-state index in [0.29, 0.717) is 12.6 Å². The van der Waals surface area contributed by atoms with Crippen LogP contribution in [0.5, 0.6) is 0 Å². The topological polar surface area (TPSA) is 64.3 Å². The Hall–Kier alpha value is -1.20. The van der Waals surface area contributed by atoms with Crippen LogP contribution in [0.2, 0.25) is 0 Å². The van der Waals surface area contributed by atoms with Crippen LogP contribution in [0, 0.1) is 0 Å². The van der Waals surface area contributed by atoms with Gasteiger partial charge in [-0.05, 0) is 12.8 Å². The molecule has 1 aromatic heterocycles. The number of nitrogens with two attached hydrogens (primary N) is 1. The number of aryl methyl sites for hydroxylation is 1. The Balaban J connectivity index is 2.17. The molecular formula is C13H22N4O. The third kappa shape index (κ3) is 3.17. The van der Waals surface area contributed by atoms with Gasteiger partial charge in [0.1, 0.15) is 11.6 Å². The molecule has 0 bridgehead atoms.